The van der Waals surface area contributed by atoms with Gasteiger partial charge >= 0.3 is 0 Å². The maximum atomic E-state index is 8.40. The first-order chi connectivity index (χ1) is 15.8. The number of nitrogens with one attached hydrogen (secondary N) is 2. The molecule has 4 heterocycles. The molecule has 0 amide bonds. The minimum atomic E-state index is 0.0222. The third kappa shape index (κ3) is 5.74. The van der Waals surface area contributed by atoms with E-state index in [1.54, 1.807) is 17.4 Å². The van der Waals surface area contributed by atoms with Crippen LogP contribution in [-0.2, 0) is 6.42 Å². The Morgan fingerprint density at radius 1 is 0.909 bits per heavy atom. The molecule has 174 valence electrons. The standard InChI is InChI=1S/C11H14O.C9H12N2O.C6H6N2O/c1-11(2)7-9-5-3-4-6-10(9)12-8-11;1-9(2)6-12-8-5-10-4-3-7(8)11-9;9-7-8-5-3-1-2-4-6(5)8/h3-6H,7-8H2,1-2H3;3-5,11H,6H2,1-2H3;1-4,7,9H. The molecule has 0 spiro atoms. The Bertz CT molecular complexity index is 1020. The van der Waals surface area contributed by atoms with Crippen LogP contribution in [0, 0.1) is 5.41 Å². The van der Waals surface area contributed by atoms with Gasteiger partial charge in [-0.15, -0.1) is 5.59 Å². The Morgan fingerprint density at radius 2 is 1.58 bits per heavy atom. The Balaban J connectivity index is 0.000000119. The van der Waals surface area contributed by atoms with E-state index in [-0.39, 0.29) is 5.54 Å². The predicted octanol–water partition coefficient (Wildman–Crippen LogP) is 5.34. The number of para-hydroxylation sites is 3. The number of fused-ring (bicyclic) bond motifs is 3. The van der Waals surface area contributed by atoms with Gasteiger partial charge in [0.15, 0.2) is 5.75 Å². The summed E-state index contributed by atoms with van der Waals surface area (Å²) in [4.78, 5) is 3.98. The summed E-state index contributed by atoms with van der Waals surface area (Å²) in [5.74, 6) is 1.91. The van der Waals surface area contributed by atoms with Crippen molar-refractivity contribution >= 4 is 17.1 Å². The van der Waals surface area contributed by atoms with E-state index in [2.05, 4.69) is 50.1 Å². The number of ether oxygens (including phenoxy) is 2. The first-order valence-corrected chi connectivity index (χ1v) is 11.1. The van der Waals surface area contributed by atoms with Crippen LogP contribution in [0.4, 0.5) is 17.1 Å². The highest BCUT2D eigenvalue weighted by molar-refractivity contribution is 5.91. The van der Waals surface area contributed by atoms with E-state index in [4.69, 9.17) is 14.7 Å². The fourth-order valence-electron chi connectivity index (χ4n) is 3.80. The fourth-order valence-corrected chi connectivity index (χ4v) is 3.80. The van der Waals surface area contributed by atoms with Crippen molar-refractivity contribution in [2.75, 3.05) is 23.5 Å². The molecule has 1 aromatic heterocycles. The smallest absolute Gasteiger partial charge is 0.160 e. The van der Waals surface area contributed by atoms with Crippen molar-refractivity contribution in [3.8, 4) is 11.5 Å². The monoisotopic (exact) mass is 448 g/mol. The second kappa shape index (κ2) is 9.29. The van der Waals surface area contributed by atoms with Crippen LogP contribution >= 0.6 is 0 Å². The van der Waals surface area contributed by atoms with E-state index in [0.717, 1.165) is 41.6 Å². The van der Waals surface area contributed by atoms with Crippen LogP contribution in [0.25, 0.3) is 0 Å². The second-order valence-electron chi connectivity index (χ2n) is 9.83. The molecule has 0 atom stereocenters. The molecule has 3 N–H and O–H groups in total. The van der Waals surface area contributed by atoms with E-state index in [9.17, 15) is 0 Å². The molecule has 7 heteroatoms. The molecule has 3 aliphatic heterocycles. The summed E-state index contributed by atoms with van der Waals surface area (Å²) in [5, 5.41) is 13.4. The third-order valence-electron chi connectivity index (χ3n) is 5.52. The largest absolute Gasteiger partial charge is 0.493 e. The lowest BCUT2D eigenvalue weighted by atomic mass is 9.84. The number of pyridine rings is 1. The SMILES string of the molecule is CC1(C)COc2ccccc2C1.CC1(C)COc2cnccc2N1.ONN1c2ccccc21. The number of rotatable bonds is 1. The molecule has 0 saturated heterocycles. The van der Waals surface area contributed by atoms with Crippen LogP contribution in [0.3, 0.4) is 0 Å². The highest BCUT2D eigenvalue weighted by Gasteiger charge is 2.27. The summed E-state index contributed by atoms with van der Waals surface area (Å²) in [7, 11) is 0. The van der Waals surface area contributed by atoms with Gasteiger partial charge in [0.05, 0.1) is 35.4 Å². The third-order valence-corrected chi connectivity index (χ3v) is 5.52. The lowest BCUT2D eigenvalue weighted by molar-refractivity contribution is 0.155. The lowest BCUT2D eigenvalue weighted by Crippen LogP contribution is -2.40. The normalized spacial score (nSPS) is 17.5. The van der Waals surface area contributed by atoms with Gasteiger partial charge in [0, 0.05) is 11.6 Å². The average molecular weight is 449 g/mol. The number of aromatic nitrogens is 1. The van der Waals surface area contributed by atoms with Crippen molar-refractivity contribution in [1.82, 2.24) is 10.6 Å². The summed E-state index contributed by atoms with van der Waals surface area (Å²) in [6.07, 6.45) is 4.62. The Labute approximate surface area is 195 Å². The first-order valence-electron chi connectivity index (χ1n) is 11.1. The van der Waals surface area contributed by atoms with Crippen LogP contribution < -0.4 is 25.4 Å². The zero-order chi connectivity index (χ0) is 23.5. The van der Waals surface area contributed by atoms with Gasteiger partial charge in [-0.2, -0.15) is 0 Å². The summed E-state index contributed by atoms with van der Waals surface area (Å²) in [6.45, 7) is 10.2. The van der Waals surface area contributed by atoms with Crippen LogP contribution in [0.5, 0.6) is 11.5 Å². The molecule has 33 heavy (non-hydrogen) atoms. The maximum Gasteiger partial charge on any atom is 0.160 e. The molecule has 7 nitrogen and oxygen atoms in total. The molecular weight excluding hydrogens is 416 g/mol. The van der Waals surface area contributed by atoms with Crippen LogP contribution in [0.15, 0.2) is 67.0 Å². The quantitative estimate of drug-likeness (QED) is 0.342. The zero-order valence-corrected chi connectivity index (χ0v) is 19.6. The molecule has 2 aromatic carbocycles. The molecular formula is C26H32N4O3. The molecule has 0 saturated carbocycles. The predicted molar refractivity (Wildman–Crippen MR) is 130 cm³/mol. The number of hydrogen-bond acceptors (Lipinski definition) is 7. The van der Waals surface area contributed by atoms with Gasteiger partial charge < -0.3 is 14.8 Å². The molecule has 0 fully saturated rings. The van der Waals surface area contributed by atoms with E-state index in [1.165, 1.54) is 5.56 Å². The highest BCUT2D eigenvalue weighted by Crippen LogP contribution is 2.44. The van der Waals surface area contributed by atoms with E-state index in [0.29, 0.717) is 12.0 Å². The minimum absolute atomic E-state index is 0.0222. The van der Waals surface area contributed by atoms with Crippen molar-refractivity contribution in [3.05, 3.63) is 72.6 Å². The Hall–Kier alpha value is -3.29. The van der Waals surface area contributed by atoms with Crippen molar-refractivity contribution in [2.45, 2.75) is 39.7 Å². The number of benzene rings is 2. The van der Waals surface area contributed by atoms with Gasteiger partial charge in [-0.25, -0.2) is 5.01 Å². The number of nitrogens with zero attached hydrogens (tertiary/aromatic N) is 2. The van der Waals surface area contributed by atoms with Crippen molar-refractivity contribution in [3.63, 3.8) is 0 Å². The van der Waals surface area contributed by atoms with Crippen LogP contribution in [0.2, 0.25) is 0 Å². The van der Waals surface area contributed by atoms with Gasteiger partial charge in [0.1, 0.15) is 12.4 Å². The summed E-state index contributed by atoms with van der Waals surface area (Å²) >= 11 is 0. The highest BCUT2D eigenvalue weighted by atomic mass is 16.5. The van der Waals surface area contributed by atoms with Crippen LogP contribution in [0.1, 0.15) is 33.3 Å². The Kier molecular flexibility index (Phi) is 6.44. The lowest BCUT2D eigenvalue weighted by Gasteiger charge is -2.33. The van der Waals surface area contributed by atoms with Crippen LogP contribution in [-0.4, -0.2) is 28.9 Å². The topological polar surface area (TPSA) is 78.7 Å². The average Bonchev–Trinajstić information content (AvgIpc) is 3.52. The maximum absolute atomic E-state index is 8.40. The van der Waals surface area contributed by atoms with E-state index < -0.39 is 0 Å². The van der Waals surface area contributed by atoms with Gasteiger partial charge in [0.2, 0.25) is 0 Å². The number of hydrazine groups is 1. The molecule has 0 unspecified atom stereocenters. The van der Waals surface area contributed by atoms with E-state index >= 15 is 0 Å². The fraction of sp³-hybridized carbons (Fsp3) is 0.346. The minimum Gasteiger partial charge on any atom is -0.493 e. The Morgan fingerprint density at radius 3 is 2.30 bits per heavy atom. The first kappa shape index (κ1) is 22.9. The summed E-state index contributed by atoms with van der Waals surface area (Å²) in [6, 6.07) is 17.9. The summed E-state index contributed by atoms with van der Waals surface area (Å²) in [5.41, 5.74) is 6.81. The van der Waals surface area contributed by atoms with Gasteiger partial charge in [0.25, 0.3) is 0 Å². The van der Waals surface area contributed by atoms with Crippen molar-refractivity contribution in [2.24, 2.45) is 5.41 Å². The molecule has 3 aliphatic rings. The number of anilines is 3. The second-order valence-corrected chi connectivity index (χ2v) is 9.83. The molecule has 0 radical (unpaired) electrons. The van der Waals surface area contributed by atoms with Gasteiger partial charge in [-0.3, -0.25) is 10.2 Å². The van der Waals surface area contributed by atoms with Gasteiger partial charge in [-0.1, -0.05) is 44.2 Å². The number of hydrogen-bond donors (Lipinski definition) is 3. The molecule has 6 rings (SSSR count). The molecule has 0 aliphatic carbocycles. The van der Waals surface area contributed by atoms with Crippen molar-refractivity contribution in [1.29, 1.82) is 0 Å². The van der Waals surface area contributed by atoms with Crippen molar-refractivity contribution < 1.29 is 14.7 Å². The zero-order valence-electron chi connectivity index (χ0n) is 19.6. The van der Waals surface area contributed by atoms with E-state index in [1.807, 2.05) is 48.1 Å². The molecule has 3 aromatic rings. The summed E-state index contributed by atoms with van der Waals surface area (Å²) < 4.78 is 11.2. The molecule has 0 bridgehead atoms. The van der Waals surface area contributed by atoms with Gasteiger partial charge in [-0.05, 0) is 50.1 Å².